The first-order valence-electron chi connectivity index (χ1n) is 12.1. The minimum Gasteiger partial charge on any atom is -0.369 e. The molecule has 4 aromatic rings. The number of fused-ring (bicyclic) bond motifs is 1. The number of hydrogen-bond donors (Lipinski definition) is 3. The summed E-state index contributed by atoms with van der Waals surface area (Å²) >= 11 is 1.58. The number of anilines is 1. The predicted molar refractivity (Wildman–Crippen MR) is 144 cm³/mol. The van der Waals surface area contributed by atoms with Gasteiger partial charge >= 0.3 is 0 Å². The average Bonchev–Trinajstić information content (AvgIpc) is 3.32. The first kappa shape index (κ1) is 24.1. The van der Waals surface area contributed by atoms with Crippen LogP contribution in [0.2, 0.25) is 0 Å². The van der Waals surface area contributed by atoms with E-state index >= 15 is 0 Å². The Hall–Kier alpha value is -3.62. The van der Waals surface area contributed by atoms with Crippen molar-refractivity contribution in [2.75, 3.05) is 18.4 Å². The summed E-state index contributed by atoms with van der Waals surface area (Å²) in [5.74, 6) is 0.213. The van der Waals surface area contributed by atoms with Crippen molar-refractivity contribution in [1.29, 1.82) is 0 Å². The summed E-state index contributed by atoms with van der Waals surface area (Å²) in [5, 5.41) is 3.86. The van der Waals surface area contributed by atoms with Crippen molar-refractivity contribution < 1.29 is 9.59 Å². The minimum absolute atomic E-state index is 0.0672. The van der Waals surface area contributed by atoms with Crippen LogP contribution in [0.5, 0.6) is 0 Å². The molecule has 1 unspecified atom stereocenters. The van der Waals surface area contributed by atoms with E-state index in [-0.39, 0.29) is 17.7 Å². The molecule has 0 radical (unpaired) electrons. The summed E-state index contributed by atoms with van der Waals surface area (Å²) in [4.78, 5) is 34.8. The molecular weight excluding hydrogens is 470 g/mol. The van der Waals surface area contributed by atoms with Gasteiger partial charge in [-0.3, -0.25) is 14.5 Å². The highest BCUT2D eigenvalue weighted by Crippen LogP contribution is 2.25. The van der Waals surface area contributed by atoms with Crippen LogP contribution in [0, 0.1) is 5.92 Å². The second kappa shape index (κ2) is 11.0. The van der Waals surface area contributed by atoms with E-state index in [1.807, 2.05) is 72.8 Å². The zero-order valence-corrected chi connectivity index (χ0v) is 20.8. The number of H-pyrrole nitrogens is 1. The molecule has 4 N–H and O–H groups in total. The number of rotatable bonds is 8. The van der Waals surface area contributed by atoms with Gasteiger partial charge in [0.25, 0.3) is 5.91 Å². The highest BCUT2D eigenvalue weighted by atomic mass is 32.2. The smallest absolute Gasteiger partial charge is 0.255 e. The molecule has 184 valence electrons. The lowest BCUT2D eigenvalue weighted by Gasteiger charge is -2.31. The summed E-state index contributed by atoms with van der Waals surface area (Å²) in [7, 11) is 0. The van der Waals surface area contributed by atoms with Gasteiger partial charge in [-0.15, -0.1) is 0 Å². The lowest BCUT2D eigenvalue weighted by Crippen LogP contribution is -2.40. The standard InChI is InChI=1S/C28H29N5O2S/c29-26(34)20-7-5-15-33(17-20)16-19-11-13-22(14-12-19)30-27(35)23-8-2-1-6-21(23)18-36-28-31-24-9-3-4-10-25(24)32-28/h1-4,6,8-14,20H,5,7,15-18H2,(H2,29,34)(H,30,35)(H,31,32). The first-order valence-corrected chi connectivity index (χ1v) is 13.1. The van der Waals surface area contributed by atoms with Crippen molar-refractivity contribution in [3.63, 3.8) is 0 Å². The van der Waals surface area contributed by atoms with Crippen LogP contribution in [0.4, 0.5) is 5.69 Å². The highest BCUT2D eigenvalue weighted by Gasteiger charge is 2.23. The summed E-state index contributed by atoms with van der Waals surface area (Å²) in [6.45, 7) is 2.43. The van der Waals surface area contributed by atoms with Crippen molar-refractivity contribution in [3.05, 3.63) is 89.5 Å². The number of imidazole rings is 1. The summed E-state index contributed by atoms with van der Waals surface area (Å²) in [5.41, 5.74) is 10.9. The third-order valence-electron chi connectivity index (χ3n) is 6.52. The lowest BCUT2D eigenvalue weighted by molar-refractivity contribution is -0.123. The second-order valence-corrected chi connectivity index (χ2v) is 10.1. The number of benzene rings is 3. The molecule has 0 bridgehead atoms. The van der Waals surface area contributed by atoms with E-state index in [1.165, 1.54) is 0 Å². The predicted octanol–water partition coefficient (Wildman–Crippen LogP) is 4.80. The topological polar surface area (TPSA) is 104 Å². The number of nitrogens with two attached hydrogens (primary N) is 1. The molecule has 8 heteroatoms. The summed E-state index contributed by atoms with van der Waals surface area (Å²) < 4.78 is 0. The Kier molecular flexibility index (Phi) is 7.34. The Bertz CT molecular complexity index is 1330. The number of carbonyl (C=O) groups is 2. The van der Waals surface area contributed by atoms with Crippen LogP contribution in [0.3, 0.4) is 0 Å². The van der Waals surface area contributed by atoms with E-state index in [2.05, 4.69) is 20.2 Å². The third kappa shape index (κ3) is 5.78. The van der Waals surface area contributed by atoms with Gasteiger partial charge in [0.05, 0.1) is 17.0 Å². The largest absolute Gasteiger partial charge is 0.369 e. The molecule has 1 aromatic heterocycles. The second-order valence-electron chi connectivity index (χ2n) is 9.13. The lowest BCUT2D eigenvalue weighted by atomic mass is 9.97. The number of primary amides is 1. The Morgan fingerprint density at radius 1 is 1.06 bits per heavy atom. The van der Waals surface area contributed by atoms with Gasteiger partial charge in [-0.2, -0.15) is 0 Å². The molecule has 1 fully saturated rings. The molecule has 0 aliphatic carbocycles. The van der Waals surface area contributed by atoms with Crippen LogP contribution >= 0.6 is 11.8 Å². The van der Waals surface area contributed by atoms with Crippen LogP contribution in [0.25, 0.3) is 11.0 Å². The maximum Gasteiger partial charge on any atom is 0.255 e. The Morgan fingerprint density at radius 3 is 2.64 bits per heavy atom. The van der Waals surface area contributed by atoms with Gasteiger partial charge < -0.3 is 16.0 Å². The van der Waals surface area contributed by atoms with Crippen LogP contribution < -0.4 is 11.1 Å². The zero-order valence-electron chi connectivity index (χ0n) is 19.9. The molecule has 1 atom stereocenters. The van der Waals surface area contributed by atoms with Crippen LogP contribution in [0.15, 0.2) is 78.0 Å². The van der Waals surface area contributed by atoms with Gasteiger partial charge in [0, 0.05) is 30.1 Å². The van der Waals surface area contributed by atoms with Gasteiger partial charge in [0.15, 0.2) is 5.16 Å². The number of nitrogens with zero attached hydrogens (tertiary/aromatic N) is 2. The number of thioether (sulfide) groups is 1. The molecule has 36 heavy (non-hydrogen) atoms. The molecule has 5 rings (SSSR count). The van der Waals surface area contributed by atoms with Crippen molar-refractivity contribution in [1.82, 2.24) is 14.9 Å². The Morgan fingerprint density at radius 2 is 1.83 bits per heavy atom. The molecule has 0 saturated carbocycles. The number of likely N-dealkylation sites (tertiary alicyclic amines) is 1. The van der Waals surface area contributed by atoms with Gasteiger partial charge in [0.1, 0.15) is 0 Å². The first-order chi connectivity index (χ1) is 17.5. The van der Waals surface area contributed by atoms with E-state index in [9.17, 15) is 9.59 Å². The van der Waals surface area contributed by atoms with E-state index < -0.39 is 0 Å². The molecular formula is C28H29N5O2S. The highest BCUT2D eigenvalue weighted by molar-refractivity contribution is 7.98. The van der Waals surface area contributed by atoms with Gasteiger partial charge in [-0.05, 0) is 60.8 Å². The van der Waals surface area contributed by atoms with Crippen molar-refractivity contribution >= 4 is 40.3 Å². The van der Waals surface area contributed by atoms with Gasteiger partial charge in [-0.1, -0.05) is 54.2 Å². The number of aromatic amines is 1. The molecule has 2 amide bonds. The SMILES string of the molecule is NC(=O)C1CCCN(Cc2ccc(NC(=O)c3ccccc3CSc3nc4ccccc4[nH]3)cc2)C1. The molecule has 3 aromatic carbocycles. The Balaban J connectivity index is 1.20. The van der Waals surface area contributed by atoms with E-state index in [0.29, 0.717) is 17.9 Å². The van der Waals surface area contributed by atoms with E-state index in [0.717, 1.165) is 58.9 Å². The number of aromatic nitrogens is 2. The van der Waals surface area contributed by atoms with E-state index in [4.69, 9.17) is 5.73 Å². The number of hydrogen-bond acceptors (Lipinski definition) is 5. The maximum absolute atomic E-state index is 13.1. The molecule has 0 spiro atoms. The van der Waals surface area contributed by atoms with Gasteiger partial charge in [0.2, 0.25) is 5.91 Å². The quantitative estimate of drug-likeness (QED) is 0.302. The number of amides is 2. The normalized spacial score (nSPS) is 16.2. The molecule has 1 saturated heterocycles. The number of carbonyl (C=O) groups excluding carboxylic acids is 2. The van der Waals surface area contributed by atoms with Crippen molar-refractivity contribution in [2.24, 2.45) is 11.7 Å². The van der Waals surface area contributed by atoms with Crippen molar-refractivity contribution in [3.8, 4) is 0 Å². The van der Waals surface area contributed by atoms with Crippen molar-refractivity contribution in [2.45, 2.75) is 30.3 Å². The fraction of sp³-hybridized carbons (Fsp3) is 0.250. The number of nitrogens with one attached hydrogen (secondary N) is 2. The molecule has 1 aliphatic heterocycles. The number of para-hydroxylation sites is 2. The van der Waals surface area contributed by atoms with E-state index in [1.54, 1.807) is 11.8 Å². The fourth-order valence-electron chi connectivity index (χ4n) is 4.59. The summed E-state index contributed by atoms with van der Waals surface area (Å²) in [6, 6.07) is 23.5. The van der Waals surface area contributed by atoms with Crippen LogP contribution in [-0.2, 0) is 17.1 Å². The van der Waals surface area contributed by atoms with Gasteiger partial charge in [-0.25, -0.2) is 4.98 Å². The molecule has 7 nitrogen and oxygen atoms in total. The minimum atomic E-state index is -0.214. The zero-order chi connectivity index (χ0) is 24.9. The average molecular weight is 500 g/mol. The van der Waals surface area contributed by atoms with Crippen LogP contribution in [0.1, 0.15) is 34.3 Å². The monoisotopic (exact) mass is 499 g/mol. The maximum atomic E-state index is 13.1. The molecule has 2 heterocycles. The molecule has 1 aliphatic rings. The van der Waals surface area contributed by atoms with Crippen LogP contribution in [-0.4, -0.2) is 39.8 Å². The fourth-order valence-corrected chi connectivity index (χ4v) is 5.48. The Labute approximate surface area is 214 Å². The number of piperidine rings is 1. The third-order valence-corrected chi connectivity index (χ3v) is 7.44. The summed E-state index contributed by atoms with van der Waals surface area (Å²) in [6.07, 6.45) is 1.85.